The van der Waals surface area contributed by atoms with Crippen molar-refractivity contribution in [2.24, 2.45) is 13.0 Å². The Morgan fingerprint density at radius 3 is 2.55 bits per heavy atom. The lowest BCUT2D eigenvalue weighted by Crippen LogP contribution is -2.54. The van der Waals surface area contributed by atoms with E-state index in [4.69, 9.17) is 16.3 Å². The summed E-state index contributed by atoms with van der Waals surface area (Å²) in [5.41, 5.74) is 2.67. The fraction of sp³-hybridized carbons (Fsp3) is 0.529. The van der Waals surface area contributed by atoms with E-state index in [-0.39, 0.29) is 37.1 Å². The Labute approximate surface area is 280 Å². The molecule has 3 heterocycles. The Bertz CT molecular complexity index is 1610. The van der Waals surface area contributed by atoms with Gasteiger partial charge in [-0.05, 0) is 94.2 Å². The summed E-state index contributed by atoms with van der Waals surface area (Å²) >= 11 is 6.25. The summed E-state index contributed by atoms with van der Waals surface area (Å²) in [6.45, 7) is 7.16. The minimum atomic E-state index is -1.05. The summed E-state index contributed by atoms with van der Waals surface area (Å²) in [5, 5.41) is 14.5. The van der Waals surface area contributed by atoms with Crippen LogP contribution in [0.4, 0.5) is 4.79 Å². The molecule has 2 fully saturated rings. The highest BCUT2D eigenvalue weighted by atomic mass is 35.5. The summed E-state index contributed by atoms with van der Waals surface area (Å²) < 4.78 is 7.15. The molecule has 0 unspecified atom stereocenters. The van der Waals surface area contributed by atoms with Crippen LogP contribution < -0.4 is 10.6 Å². The number of nitrogens with one attached hydrogen (secondary N) is 2. The fourth-order valence-electron chi connectivity index (χ4n) is 6.36. The number of fused-ring (bicyclic) bond motifs is 1. The molecule has 2 N–H and O–H groups in total. The largest absolute Gasteiger partial charge is 0.444 e. The summed E-state index contributed by atoms with van der Waals surface area (Å²) in [7, 11) is 1.82. The molecular weight excluding hydrogens is 622 g/mol. The van der Waals surface area contributed by atoms with Crippen LogP contribution in [0.5, 0.6) is 0 Å². The van der Waals surface area contributed by atoms with Gasteiger partial charge in [0.05, 0.1) is 5.52 Å². The standard InChI is InChI=1S/C34H44ClN7O5/c1-34(2,3)47-33(46)37-26(11-13-30(43)41-14-5-6-15-41)32(45)42-21-24(16-22-8-7-9-25(35)17-22)19-29(42)31(44)36-20-23-10-12-28-27(18-23)38-39-40(28)4/h7-10,12,17-18,24,26,29H,5-6,11,13-16,19-21H2,1-4H3,(H,36,44)(H,37,46)/t24-,26+,29-/m0/s1. The van der Waals surface area contributed by atoms with Crippen LogP contribution in [0.2, 0.25) is 5.02 Å². The van der Waals surface area contributed by atoms with E-state index in [9.17, 15) is 19.2 Å². The van der Waals surface area contributed by atoms with Gasteiger partial charge in [0.2, 0.25) is 17.7 Å². The van der Waals surface area contributed by atoms with Crippen molar-refractivity contribution in [1.82, 2.24) is 35.4 Å². The van der Waals surface area contributed by atoms with Crippen LogP contribution in [0.1, 0.15) is 64.0 Å². The molecule has 0 saturated carbocycles. The number of ether oxygens (including phenoxy) is 1. The number of aryl methyl sites for hydroxylation is 1. The Hall–Kier alpha value is -4.19. The van der Waals surface area contributed by atoms with Crippen molar-refractivity contribution in [3.8, 4) is 0 Å². The van der Waals surface area contributed by atoms with E-state index in [0.717, 1.165) is 35.0 Å². The van der Waals surface area contributed by atoms with Crippen molar-refractivity contribution in [1.29, 1.82) is 0 Å². The lowest BCUT2D eigenvalue weighted by Gasteiger charge is -2.30. The molecule has 2 aliphatic rings. The number of hydrogen-bond acceptors (Lipinski definition) is 7. The predicted molar refractivity (Wildman–Crippen MR) is 177 cm³/mol. The van der Waals surface area contributed by atoms with Gasteiger partial charge < -0.3 is 25.2 Å². The maximum atomic E-state index is 14.3. The van der Waals surface area contributed by atoms with Crippen molar-refractivity contribution in [3.05, 3.63) is 58.6 Å². The van der Waals surface area contributed by atoms with Gasteiger partial charge in [-0.25, -0.2) is 9.48 Å². The van der Waals surface area contributed by atoms with Gasteiger partial charge >= 0.3 is 6.09 Å². The van der Waals surface area contributed by atoms with Crippen LogP contribution in [0.15, 0.2) is 42.5 Å². The molecule has 4 amide bonds. The van der Waals surface area contributed by atoms with Gasteiger partial charge in [-0.2, -0.15) is 0 Å². The molecule has 2 aliphatic heterocycles. The fourth-order valence-corrected chi connectivity index (χ4v) is 6.58. The van der Waals surface area contributed by atoms with E-state index in [2.05, 4.69) is 20.9 Å². The second-order valence-corrected chi connectivity index (χ2v) is 14.0. The first kappa shape index (κ1) is 34.2. The smallest absolute Gasteiger partial charge is 0.408 e. The van der Waals surface area contributed by atoms with Gasteiger partial charge in [-0.3, -0.25) is 14.4 Å². The zero-order valence-electron chi connectivity index (χ0n) is 27.5. The monoisotopic (exact) mass is 665 g/mol. The van der Waals surface area contributed by atoms with Crippen LogP contribution in [-0.2, 0) is 39.1 Å². The molecule has 5 rings (SSSR count). The number of nitrogens with zero attached hydrogens (tertiary/aromatic N) is 5. The highest BCUT2D eigenvalue weighted by Gasteiger charge is 2.42. The number of halogens is 1. The van der Waals surface area contributed by atoms with Crippen LogP contribution in [0.25, 0.3) is 11.0 Å². The molecule has 0 radical (unpaired) electrons. The maximum Gasteiger partial charge on any atom is 0.408 e. The second-order valence-electron chi connectivity index (χ2n) is 13.5. The maximum absolute atomic E-state index is 14.3. The molecule has 252 valence electrons. The van der Waals surface area contributed by atoms with Crippen LogP contribution in [0, 0.1) is 5.92 Å². The molecule has 0 aliphatic carbocycles. The predicted octanol–water partition coefficient (Wildman–Crippen LogP) is 3.99. The molecule has 13 heteroatoms. The highest BCUT2D eigenvalue weighted by Crippen LogP contribution is 2.29. The van der Waals surface area contributed by atoms with Gasteiger partial charge in [-0.15, -0.1) is 5.10 Å². The van der Waals surface area contributed by atoms with Crippen LogP contribution in [0.3, 0.4) is 0 Å². The van der Waals surface area contributed by atoms with Crippen molar-refractivity contribution in [2.75, 3.05) is 19.6 Å². The highest BCUT2D eigenvalue weighted by molar-refractivity contribution is 6.30. The minimum absolute atomic E-state index is 0.0301. The third kappa shape index (κ3) is 9.00. The van der Waals surface area contributed by atoms with Crippen molar-refractivity contribution >= 4 is 46.4 Å². The number of hydrogen-bond donors (Lipinski definition) is 2. The normalized spacial score (nSPS) is 18.7. The Morgan fingerprint density at radius 2 is 1.83 bits per heavy atom. The number of amides is 4. The number of alkyl carbamates (subject to hydrolysis) is 1. The summed E-state index contributed by atoms with van der Waals surface area (Å²) in [4.78, 5) is 57.3. The first-order valence-corrected chi connectivity index (χ1v) is 16.6. The summed E-state index contributed by atoms with van der Waals surface area (Å²) in [6, 6.07) is 11.4. The molecule has 0 bridgehead atoms. The van der Waals surface area contributed by atoms with Gasteiger partial charge in [0.25, 0.3) is 0 Å². The quantitative estimate of drug-likeness (QED) is 0.334. The lowest BCUT2D eigenvalue weighted by molar-refractivity contribution is -0.140. The van der Waals surface area contributed by atoms with Crippen molar-refractivity contribution in [3.63, 3.8) is 0 Å². The van der Waals surface area contributed by atoms with E-state index in [1.54, 1.807) is 41.3 Å². The number of benzene rings is 2. The Balaban J connectivity index is 1.34. The Kier molecular flexibility index (Phi) is 10.7. The Morgan fingerprint density at radius 1 is 1.06 bits per heavy atom. The molecule has 2 aromatic carbocycles. The van der Waals surface area contributed by atoms with Crippen molar-refractivity contribution < 1.29 is 23.9 Å². The van der Waals surface area contributed by atoms with E-state index in [0.29, 0.717) is 37.5 Å². The summed E-state index contributed by atoms with van der Waals surface area (Å²) in [6.07, 6.45) is 2.39. The van der Waals surface area contributed by atoms with Crippen molar-refractivity contribution in [2.45, 2.75) is 83.5 Å². The average Bonchev–Trinajstić information content (AvgIpc) is 3.77. The van der Waals surface area contributed by atoms with Gasteiger partial charge in [-0.1, -0.05) is 35.0 Å². The van der Waals surface area contributed by atoms with Crippen LogP contribution in [-0.4, -0.2) is 85.9 Å². The van der Waals surface area contributed by atoms with E-state index in [1.807, 2.05) is 43.4 Å². The third-order valence-electron chi connectivity index (χ3n) is 8.62. The number of rotatable bonds is 10. The lowest BCUT2D eigenvalue weighted by atomic mass is 9.96. The average molecular weight is 666 g/mol. The first-order chi connectivity index (χ1) is 22.4. The summed E-state index contributed by atoms with van der Waals surface area (Å²) in [5.74, 6) is -0.798. The molecular formula is C34H44ClN7O5. The molecule has 1 aromatic heterocycles. The van der Waals surface area contributed by atoms with Gasteiger partial charge in [0, 0.05) is 44.7 Å². The van der Waals surface area contributed by atoms with E-state index < -0.39 is 29.7 Å². The topological polar surface area (TPSA) is 139 Å². The first-order valence-electron chi connectivity index (χ1n) is 16.2. The number of likely N-dealkylation sites (tertiary alicyclic amines) is 2. The molecule has 47 heavy (non-hydrogen) atoms. The zero-order valence-corrected chi connectivity index (χ0v) is 28.3. The van der Waals surface area contributed by atoms with Crippen LogP contribution >= 0.6 is 11.6 Å². The zero-order chi connectivity index (χ0) is 33.7. The number of carbonyl (C=O) groups is 4. The molecule has 3 aromatic rings. The number of carbonyl (C=O) groups excluding carboxylic acids is 4. The third-order valence-corrected chi connectivity index (χ3v) is 8.86. The molecule has 2 saturated heterocycles. The van der Waals surface area contributed by atoms with Gasteiger partial charge in [0.1, 0.15) is 23.2 Å². The number of aromatic nitrogens is 3. The van der Waals surface area contributed by atoms with E-state index in [1.165, 1.54) is 0 Å². The molecule has 12 nitrogen and oxygen atoms in total. The molecule has 3 atom stereocenters. The van der Waals surface area contributed by atoms with Gasteiger partial charge in [0.15, 0.2) is 0 Å². The SMILES string of the molecule is Cn1nnc2cc(CNC(=O)[C@@H]3C[C@H](Cc4cccc(Cl)c4)CN3C(=O)[C@@H](CCC(=O)N3CCCC3)NC(=O)OC(C)(C)C)ccc21. The second kappa shape index (κ2) is 14.7. The van der Waals surface area contributed by atoms with E-state index >= 15 is 0 Å². The minimum Gasteiger partial charge on any atom is -0.444 e. The molecule has 0 spiro atoms.